The standard InChI is InChI=1S/C22H25N5O3S/c1-14-17(15(2)27-21(23-14)24-22(25-27)31-3)13-18(28)30-19(16-9-5-4-6-10-16)20(29)26-11-7-8-12-26/h4-6,9-10,19H,7-8,11-13H2,1-3H3. The average molecular weight is 440 g/mol. The van der Waals surface area contributed by atoms with E-state index in [1.807, 2.05) is 50.4 Å². The number of hydrogen-bond donors (Lipinski definition) is 0. The van der Waals surface area contributed by atoms with Crippen LogP contribution in [0.15, 0.2) is 35.5 Å². The Kier molecular flexibility index (Phi) is 6.22. The van der Waals surface area contributed by atoms with Gasteiger partial charge >= 0.3 is 5.97 Å². The van der Waals surface area contributed by atoms with Crippen LogP contribution < -0.4 is 0 Å². The van der Waals surface area contributed by atoms with E-state index in [1.165, 1.54) is 11.8 Å². The van der Waals surface area contributed by atoms with Gasteiger partial charge in [0.2, 0.25) is 11.3 Å². The summed E-state index contributed by atoms with van der Waals surface area (Å²) in [4.78, 5) is 36.7. The zero-order valence-electron chi connectivity index (χ0n) is 17.9. The molecule has 162 valence electrons. The van der Waals surface area contributed by atoms with Crippen molar-refractivity contribution in [3.8, 4) is 0 Å². The molecule has 0 bridgehead atoms. The van der Waals surface area contributed by atoms with E-state index in [0.29, 0.717) is 35.3 Å². The number of likely N-dealkylation sites (tertiary alicyclic amines) is 1. The van der Waals surface area contributed by atoms with Crippen LogP contribution in [0.25, 0.3) is 5.78 Å². The van der Waals surface area contributed by atoms with Crippen molar-refractivity contribution in [1.29, 1.82) is 0 Å². The highest BCUT2D eigenvalue weighted by Crippen LogP contribution is 2.24. The number of rotatable bonds is 6. The molecule has 4 rings (SSSR count). The quantitative estimate of drug-likeness (QED) is 0.431. The molecule has 3 heterocycles. The Labute approximate surface area is 185 Å². The number of benzene rings is 1. The number of fused-ring (bicyclic) bond motifs is 1. The lowest BCUT2D eigenvalue weighted by Crippen LogP contribution is -2.35. The maximum Gasteiger partial charge on any atom is 0.311 e. The number of amides is 1. The van der Waals surface area contributed by atoms with Gasteiger partial charge in [0.25, 0.3) is 11.7 Å². The van der Waals surface area contributed by atoms with Crippen molar-refractivity contribution in [3.05, 3.63) is 52.8 Å². The molecule has 0 N–H and O–H groups in total. The summed E-state index contributed by atoms with van der Waals surface area (Å²) in [5, 5.41) is 5.04. The molecule has 0 saturated carbocycles. The predicted octanol–water partition coefficient (Wildman–Crippen LogP) is 2.91. The average Bonchev–Trinajstić information content (AvgIpc) is 3.45. The highest BCUT2D eigenvalue weighted by atomic mass is 32.2. The van der Waals surface area contributed by atoms with Gasteiger partial charge in [0.1, 0.15) is 0 Å². The molecule has 1 unspecified atom stereocenters. The molecule has 1 fully saturated rings. The molecule has 0 radical (unpaired) electrons. The Balaban J connectivity index is 1.58. The second-order valence-corrected chi connectivity index (χ2v) is 8.33. The molecule has 0 aliphatic carbocycles. The Hall–Kier alpha value is -2.94. The van der Waals surface area contributed by atoms with Gasteiger partial charge in [-0.3, -0.25) is 9.59 Å². The third-order valence-corrected chi connectivity index (χ3v) is 6.06. The lowest BCUT2D eigenvalue weighted by molar-refractivity contribution is -0.160. The molecule has 1 amide bonds. The molecular weight excluding hydrogens is 414 g/mol. The fraction of sp³-hybridized carbons (Fsp3) is 0.409. The first-order valence-electron chi connectivity index (χ1n) is 10.3. The maximum atomic E-state index is 13.1. The van der Waals surface area contributed by atoms with Crippen LogP contribution in [0.4, 0.5) is 0 Å². The van der Waals surface area contributed by atoms with Gasteiger partial charge < -0.3 is 9.64 Å². The molecule has 1 saturated heterocycles. The summed E-state index contributed by atoms with van der Waals surface area (Å²) >= 11 is 1.43. The van der Waals surface area contributed by atoms with Crippen molar-refractivity contribution in [3.63, 3.8) is 0 Å². The first kappa shape index (κ1) is 21.3. The molecule has 3 aromatic rings. The fourth-order valence-electron chi connectivity index (χ4n) is 3.84. The van der Waals surface area contributed by atoms with Gasteiger partial charge in [-0.25, -0.2) is 9.50 Å². The van der Waals surface area contributed by atoms with Gasteiger partial charge in [0.05, 0.1) is 6.42 Å². The number of carbonyl (C=O) groups is 2. The Morgan fingerprint density at radius 1 is 1.13 bits per heavy atom. The minimum absolute atomic E-state index is 0.00564. The van der Waals surface area contributed by atoms with Crippen LogP contribution in [0.1, 0.15) is 41.5 Å². The van der Waals surface area contributed by atoms with E-state index < -0.39 is 12.1 Å². The molecule has 1 atom stereocenters. The summed E-state index contributed by atoms with van der Waals surface area (Å²) in [6, 6.07) is 9.18. The minimum atomic E-state index is -0.946. The number of nitrogens with zero attached hydrogens (tertiary/aromatic N) is 5. The normalized spacial score (nSPS) is 14.7. The van der Waals surface area contributed by atoms with Crippen molar-refractivity contribution in [2.24, 2.45) is 0 Å². The van der Waals surface area contributed by atoms with Crippen LogP contribution in [-0.4, -0.2) is 55.7 Å². The zero-order chi connectivity index (χ0) is 22.0. The van der Waals surface area contributed by atoms with Crippen molar-refractivity contribution in [1.82, 2.24) is 24.5 Å². The maximum absolute atomic E-state index is 13.1. The van der Waals surface area contributed by atoms with E-state index >= 15 is 0 Å². The van der Waals surface area contributed by atoms with E-state index in [0.717, 1.165) is 24.1 Å². The van der Waals surface area contributed by atoms with E-state index in [-0.39, 0.29) is 12.3 Å². The third-order valence-electron chi connectivity index (χ3n) is 5.53. The van der Waals surface area contributed by atoms with Crippen LogP contribution in [0, 0.1) is 13.8 Å². The molecule has 31 heavy (non-hydrogen) atoms. The molecule has 9 heteroatoms. The monoisotopic (exact) mass is 439 g/mol. The summed E-state index contributed by atoms with van der Waals surface area (Å²) in [5.74, 6) is -0.137. The van der Waals surface area contributed by atoms with Crippen molar-refractivity contribution in [2.45, 2.75) is 44.4 Å². The number of thioether (sulfide) groups is 1. The molecule has 0 spiro atoms. The highest BCUT2D eigenvalue weighted by molar-refractivity contribution is 7.98. The van der Waals surface area contributed by atoms with Gasteiger partial charge in [-0.1, -0.05) is 42.1 Å². The number of aromatic nitrogens is 4. The first-order chi connectivity index (χ1) is 15.0. The van der Waals surface area contributed by atoms with E-state index in [1.54, 1.807) is 9.42 Å². The SMILES string of the molecule is CSc1nc2nc(C)c(CC(=O)OC(C(=O)N3CCCC3)c3ccccc3)c(C)n2n1. The van der Waals surface area contributed by atoms with Crippen LogP contribution in [0.5, 0.6) is 0 Å². The zero-order valence-corrected chi connectivity index (χ0v) is 18.7. The topological polar surface area (TPSA) is 89.7 Å². The van der Waals surface area contributed by atoms with Crippen molar-refractivity contribution < 1.29 is 14.3 Å². The van der Waals surface area contributed by atoms with Crippen LogP contribution >= 0.6 is 11.8 Å². The van der Waals surface area contributed by atoms with Crippen molar-refractivity contribution in [2.75, 3.05) is 19.3 Å². The summed E-state index contributed by atoms with van der Waals surface area (Å²) in [7, 11) is 0. The Bertz CT molecular complexity index is 1110. The number of aryl methyl sites for hydroxylation is 2. The van der Waals surface area contributed by atoms with Gasteiger partial charge in [-0.15, -0.1) is 5.10 Å². The fourth-order valence-corrected chi connectivity index (χ4v) is 4.18. The lowest BCUT2D eigenvalue weighted by atomic mass is 10.1. The molecule has 1 aliphatic heterocycles. The Morgan fingerprint density at radius 2 is 1.84 bits per heavy atom. The molecule has 1 aliphatic rings. The number of hydrogen-bond acceptors (Lipinski definition) is 7. The lowest BCUT2D eigenvalue weighted by Gasteiger charge is -2.23. The largest absolute Gasteiger partial charge is 0.447 e. The van der Waals surface area contributed by atoms with E-state index in [9.17, 15) is 9.59 Å². The highest BCUT2D eigenvalue weighted by Gasteiger charge is 2.31. The van der Waals surface area contributed by atoms with Crippen molar-refractivity contribution >= 4 is 29.4 Å². The van der Waals surface area contributed by atoms with Gasteiger partial charge in [-0.05, 0) is 32.9 Å². The van der Waals surface area contributed by atoms with Gasteiger partial charge in [0, 0.05) is 35.6 Å². The van der Waals surface area contributed by atoms with Crippen LogP contribution in [0.2, 0.25) is 0 Å². The summed E-state index contributed by atoms with van der Waals surface area (Å²) < 4.78 is 7.40. The second-order valence-electron chi connectivity index (χ2n) is 7.56. The second kappa shape index (κ2) is 9.05. The summed E-state index contributed by atoms with van der Waals surface area (Å²) in [6.07, 6.45) is 2.91. The smallest absolute Gasteiger partial charge is 0.311 e. The summed E-state index contributed by atoms with van der Waals surface area (Å²) in [6.45, 7) is 5.12. The number of esters is 1. The Morgan fingerprint density at radius 3 is 2.52 bits per heavy atom. The molecule has 8 nitrogen and oxygen atoms in total. The first-order valence-corrected chi connectivity index (χ1v) is 11.5. The van der Waals surface area contributed by atoms with Gasteiger partial charge in [-0.2, -0.15) is 4.98 Å². The third kappa shape index (κ3) is 4.41. The number of ether oxygens (including phenoxy) is 1. The predicted molar refractivity (Wildman–Crippen MR) is 117 cm³/mol. The number of carbonyl (C=O) groups excluding carboxylic acids is 2. The van der Waals surface area contributed by atoms with Crippen LogP contribution in [-0.2, 0) is 20.7 Å². The minimum Gasteiger partial charge on any atom is -0.447 e. The van der Waals surface area contributed by atoms with E-state index in [4.69, 9.17) is 4.74 Å². The molecule has 2 aromatic heterocycles. The van der Waals surface area contributed by atoms with E-state index in [2.05, 4.69) is 15.1 Å². The van der Waals surface area contributed by atoms with Gasteiger partial charge in [0.15, 0.2) is 0 Å². The molecular formula is C22H25N5O3S. The molecule has 1 aromatic carbocycles. The van der Waals surface area contributed by atoms with Crippen LogP contribution in [0.3, 0.4) is 0 Å². The summed E-state index contributed by atoms with van der Waals surface area (Å²) in [5.41, 5.74) is 2.89.